The predicted molar refractivity (Wildman–Crippen MR) is 135 cm³/mol. The van der Waals surface area contributed by atoms with E-state index < -0.39 is 33.8 Å². The maximum absolute atomic E-state index is 12.7. The van der Waals surface area contributed by atoms with E-state index in [1.807, 2.05) is 0 Å². The van der Waals surface area contributed by atoms with Gasteiger partial charge in [0.25, 0.3) is 10.0 Å². The van der Waals surface area contributed by atoms with Gasteiger partial charge in [-0.25, -0.2) is 13.1 Å². The molecule has 38 heavy (non-hydrogen) atoms. The smallest absolute Gasteiger partial charge is 0.317 e. The van der Waals surface area contributed by atoms with Crippen LogP contribution in [0.1, 0.15) is 5.56 Å². The van der Waals surface area contributed by atoms with E-state index in [0.717, 1.165) is 5.56 Å². The van der Waals surface area contributed by atoms with E-state index in [1.54, 1.807) is 38.7 Å². The van der Waals surface area contributed by atoms with Gasteiger partial charge < -0.3 is 15.3 Å². The van der Waals surface area contributed by atoms with Crippen molar-refractivity contribution in [3.63, 3.8) is 0 Å². The Hall–Kier alpha value is -3.11. The van der Waals surface area contributed by atoms with E-state index in [0.29, 0.717) is 0 Å². The number of carbonyl (C=O) groups excluding carboxylic acids is 1. The summed E-state index contributed by atoms with van der Waals surface area (Å²) >= 11 is 0. The molecule has 1 amide bonds. The van der Waals surface area contributed by atoms with E-state index in [4.69, 9.17) is 0 Å². The zero-order chi connectivity index (χ0) is 28.3. The van der Waals surface area contributed by atoms with Crippen LogP contribution in [-0.2, 0) is 29.2 Å². The van der Waals surface area contributed by atoms with Gasteiger partial charge in [0.05, 0.1) is 31.1 Å². The average Bonchev–Trinajstić information content (AvgIpc) is 2.79. The third kappa shape index (κ3) is 11.5. The minimum Gasteiger partial charge on any atom is -0.480 e. The Morgan fingerprint density at radius 1 is 0.658 bits per heavy atom. The van der Waals surface area contributed by atoms with Crippen molar-refractivity contribution in [1.29, 1.82) is 0 Å². The molecular formula is C23H35N5O9S. The van der Waals surface area contributed by atoms with Gasteiger partial charge in [-0.05, 0) is 19.1 Å². The largest absolute Gasteiger partial charge is 0.480 e. The zero-order valence-electron chi connectivity index (χ0n) is 21.3. The fraction of sp³-hybridized carbons (Fsp3) is 0.565. The maximum atomic E-state index is 12.7. The summed E-state index contributed by atoms with van der Waals surface area (Å²) in [6.07, 6.45) is 0. The molecule has 1 heterocycles. The van der Waals surface area contributed by atoms with Gasteiger partial charge in [-0.1, -0.05) is 17.7 Å². The van der Waals surface area contributed by atoms with Crippen molar-refractivity contribution in [1.82, 2.24) is 24.3 Å². The van der Waals surface area contributed by atoms with E-state index in [9.17, 15) is 42.9 Å². The van der Waals surface area contributed by atoms with Crippen LogP contribution in [0.2, 0.25) is 0 Å². The molecule has 0 saturated carbocycles. The highest BCUT2D eigenvalue weighted by Gasteiger charge is 2.23. The Kier molecular flexibility index (Phi) is 12.1. The van der Waals surface area contributed by atoms with Gasteiger partial charge >= 0.3 is 17.9 Å². The van der Waals surface area contributed by atoms with E-state index >= 15 is 0 Å². The summed E-state index contributed by atoms with van der Waals surface area (Å²) in [5.41, 5.74) is 0.859. The molecule has 0 atom stereocenters. The van der Waals surface area contributed by atoms with Crippen molar-refractivity contribution in [3.05, 3.63) is 29.8 Å². The number of hydrogen-bond acceptors (Lipinski definition) is 10. The van der Waals surface area contributed by atoms with Crippen molar-refractivity contribution in [2.45, 2.75) is 11.8 Å². The number of rotatable bonds is 10. The van der Waals surface area contributed by atoms with Gasteiger partial charge in [-0.15, -0.1) is 0 Å². The molecule has 1 aromatic rings. The van der Waals surface area contributed by atoms with Gasteiger partial charge in [-0.3, -0.25) is 38.8 Å². The summed E-state index contributed by atoms with van der Waals surface area (Å²) < 4.78 is 27.3. The number of nitrogens with zero attached hydrogens (tertiary/aromatic N) is 4. The maximum Gasteiger partial charge on any atom is 0.317 e. The molecule has 2 rings (SSSR count). The first-order valence-electron chi connectivity index (χ1n) is 12.0. The normalized spacial score (nSPS) is 17.7. The Labute approximate surface area is 221 Å². The number of carboxylic acid groups (broad SMARTS) is 3. The van der Waals surface area contributed by atoms with Gasteiger partial charge in [-0.2, -0.15) is 0 Å². The molecule has 0 bridgehead atoms. The summed E-state index contributed by atoms with van der Waals surface area (Å²) in [5.74, 6) is -3.96. The number of benzene rings is 1. The fourth-order valence-corrected chi connectivity index (χ4v) is 4.92. The lowest BCUT2D eigenvalue weighted by Gasteiger charge is -2.32. The van der Waals surface area contributed by atoms with Crippen LogP contribution in [0.15, 0.2) is 29.2 Å². The second kappa shape index (κ2) is 14.7. The Morgan fingerprint density at radius 2 is 0.974 bits per heavy atom. The van der Waals surface area contributed by atoms with E-state index in [-0.39, 0.29) is 83.4 Å². The Morgan fingerprint density at radius 3 is 1.29 bits per heavy atom. The number of nitrogens with one attached hydrogen (secondary N) is 1. The van der Waals surface area contributed by atoms with Crippen molar-refractivity contribution in [2.75, 3.05) is 78.5 Å². The summed E-state index contributed by atoms with van der Waals surface area (Å²) in [6.45, 7) is 2.41. The molecular weight excluding hydrogens is 523 g/mol. The molecule has 0 radical (unpaired) electrons. The predicted octanol–water partition coefficient (Wildman–Crippen LogP) is -1.72. The third-order valence-electron chi connectivity index (χ3n) is 5.95. The third-order valence-corrected chi connectivity index (χ3v) is 7.34. The summed E-state index contributed by atoms with van der Waals surface area (Å²) in [7, 11) is -4.09. The molecule has 1 saturated heterocycles. The lowest BCUT2D eigenvalue weighted by Crippen LogP contribution is -2.50. The minimum absolute atomic E-state index is 0.0590. The molecule has 4 N–H and O–H groups in total. The van der Waals surface area contributed by atoms with Crippen LogP contribution in [0.3, 0.4) is 0 Å². The van der Waals surface area contributed by atoms with Gasteiger partial charge in [0.15, 0.2) is 0 Å². The average molecular weight is 559 g/mol. The number of aryl methyl sites for hydroxylation is 1. The zero-order valence-corrected chi connectivity index (χ0v) is 22.1. The quantitative estimate of drug-likeness (QED) is 0.238. The van der Waals surface area contributed by atoms with Crippen molar-refractivity contribution >= 4 is 33.8 Å². The number of carbonyl (C=O) groups is 4. The topological polar surface area (TPSA) is 188 Å². The molecule has 1 fully saturated rings. The first-order valence-corrected chi connectivity index (χ1v) is 13.5. The SMILES string of the molecule is Cc1ccc(S(=O)(=O)[15NH]C(=O)CN2CCN(CC(=O)O)CCN(CC(=O)O)CCN(CC(=O)O)CC2)cc1. The summed E-state index contributed by atoms with van der Waals surface area (Å²) in [4.78, 5) is 53.1. The van der Waals surface area contributed by atoms with Crippen LogP contribution in [0, 0.1) is 6.92 Å². The van der Waals surface area contributed by atoms with E-state index in [1.165, 1.54) is 12.1 Å². The monoisotopic (exact) mass is 558 g/mol. The van der Waals surface area contributed by atoms with Crippen molar-refractivity contribution in [2.24, 2.45) is 0 Å². The lowest BCUT2D eigenvalue weighted by atomic mass is 10.2. The molecule has 15 heteroatoms. The molecule has 1 aliphatic heterocycles. The van der Waals surface area contributed by atoms with Crippen LogP contribution >= 0.6 is 0 Å². The van der Waals surface area contributed by atoms with E-state index in [2.05, 4.69) is 4.72 Å². The van der Waals surface area contributed by atoms with Crippen LogP contribution in [-0.4, -0.2) is 146 Å². The van der Waals surface area contributed by atoms with Crippen LogP contribution in [0.25, 0.3) is 0 Å². The Bertz CT molecular complexity index is 1050. The van der Waals surface area contributed by atoms with Crippen LogP contribution in [0.4, 0.5) is 0 Å². The van der Waals surface area contributed by atoms with Crippen molar-refractivity contribution < 1.29 is 42.9 Å². The van der Waals surface area contributed by atoms with Gasteiger partial charge in [0, 0.05) is 52.4 Å². The van der Waals surface area contributed by atoms with Crippen molar-refractivity contribution in [3.8, 4) is 0 Å². The number of hydrogen-bond donors (Lipinski definition) is 4. The standard InChI is InChI=1S/C23H35N5O9S/c1-18-2-4-19(5-3-18)38(36,37)24-20(29)14-25-6-8-26(15-21(30)31)10-12-28(17-23(34)35)13-11-27(9-7-25)16-22(32)33/h2-5H,6-17H2,1H3,(H,24,29)(H,30,31)(H,32,33)(H,34,35)/i24+1. The highest BCUT2D eigenvalue weighted by atomic mass is 32.2. The number of sulfonamides is 1. The minimum atomic E-state index is -4.09. The molecule has 1 aromatic carbocycles. The number of amides is 1. The van der Waals surface area contributed by atoms with Gasteiger partial charge in [0.2, 0.25) is 5.91 Å². The molecule has 212 valence electrons. The number of carboxylic acids is 3. The molecule has 0 aliphatic carbocycles. The molecule has 14 nitrogen and oxygen atoms in total. The second-order valence-electron chi connectivity index (χ2n) is 9.13. The van der Waals surface area contributed by atoms with Crippen LogP contribution in [0.5, 0.6) is 0 Å². The molecule has 0 aromatic heterocycles. The summed E-state index contributed by atoms with van der Waals surface area (Å²) in [5, 5.41) is 27.8. The second-order valence-corrected chi connectivity index (χ2v) is 10.8. The fourth-order valence-electron chi connectivity index (χ4n) is 3.95. The molecule has 0 unspecified atom stereocenters. The first-order chi connectivity index (χ1) is 17.8. The summed E-state index contributed by atoms with van der Waals surface area (Å²) in [6, 6.07) is 6.01. The first kappa shape index (κ1) is 31.1. The van der Waals surface area contributed by atoms with Crippen LogP contribution < -0.4 is 4.72 Å². The highest BCUT2D eigenvalue weighted by Crippen LogP contribution is 2.10. The number of aliphatic carboxylic acids is 3. The molecule has 0 spiro atoms. The Balaban J connectivity index is 2.16. The lowest BCUT2D eigenvalue weighted by molar-refractivity contribution is -0.140. The molecule has 1 aliphatic rings. The highest BCUT2D eigenvalue weighted by molar-refractivity contribution is 7.90. The van der Waals surface area contributed by atoms with Gasteiger partial charge in [0.1, 0.15) is 0 Å².